The van der Waals surface area contributed by atoms with Crippen molar-refractivity contribution >= 4 is 37.5 Å². The molecular weight excluding hydrogens is 376 g/mol. The lowest BCUT2D eigenvalue weighted by molar-refractivity contribution is 0.405. The van der Waals surface area contributed by atoms with Gasteiger partial charge in [0.15, 0.2) is 0 Å². The van der Waals surface area contributed by atoms with Crippen LogP contribution in [0.2, 0.25) is 0 Å². The number of rotatable bonds is 4. The van der Waals surface area contributed by atoms with E-state index in [0.717, 1.165) is 34.6 Å². The molecule has 0 heterocycles. The number of fused-ring (bicyclic) bond motifs is 5. The third kappa shape index (κ3) is 2.79. The van der Waals surface area contributed by atoms with Crippen molar-refractivity contribution in [3.05, 3.63) is 47.5 Å². The molecule has 1 unspecified atom stereocenters. The van der Waals surface area contributed by atoms with Gasteiger partial charge in [-0.25, -0.2) is 0 Å². The molecule has 0 radical (unpaired) electrons. The second-order valence-electron chi connectivity index (χ2n) is 6.85. The van der Waals surface area contributed by atoms with Crippen molar-refractivity contribution in [2.45, 2.75) is 25.7 Å². The topological polar surface area (TPSA) is 18.5 Å². The molecule has 130 valence electrons. The first-order chi connectivity index (χ1) is 12.3. The van der Waals surface area contributed by atoms with Gasteiger partial charge in [0.05, 0.1) is 19.6 Å². The van der Waals surface area contributed by atoms with Gasteiger partial charge in [-0.2, -0.15) is 0 Å². The molecule has 0 N–H and O–H groups in total. The van der Waals surface area contributed by atoms with Gasteiger partial charge in [0.25, 0.3) is 0 Å². The Morgan fingerprint density at radius 2 is 1.84 bits per heavy atom. The molecule has 1 atom stereocenters. The van der Waals surface area contributed by atoms with Gasteiger partial charge in [-0.05, 0) is 71.0 Å². The van der Waals surface area contributed by atoms with Gasteiger partial charge < -0.3 is 9.47 Å². The number of halogens is 1. The van der Waals surface area contributed by atoms with Gasteiger partial charge in [0, 0.05) is 5.33 Å². The van der Waals surface area contributed by atoms with Gasteiger partial charge in [-0.15, -0.1) is 0 Å². The van der Waals surface area contributed by atoms with Gasteiger partial charge >= 0.3 is 0 Å². The molecule has 1 aliphatic carbocycles. The predicted octanol–water partition coefficient (Wildman–Crippen LogP) is 5.90. The number of aryl methyl sites for hydroxylation is 1. The Hall–Kier alpha value is -1.74. The van der Waals surface area contributed by atoms with Crippen LogP contribution in [0.25, 0.3) is 21.5 Å². The maximum absolute atomic E-state index is 5.74. The van der Waals surface area contributed by atoms with Crippen molar-refractivity contribution < 1.29 is 9.47 Å². The maximum atomic E-state index is 5.74. The lowest BCUT2D eigenvalue weighted by atomic mass is 9.80. The quantitative estimate of drug-likeness (QED) is 0.402. The van der Waals surface area contributed by atoms with Crippen LogP contribution >= 0.6 is 15.9 Å². The number of alkyl halides is 1. The van der Waals surface area contributed by atoms with E-state index in [1.165, 1.54) is 46.5 Å². The van der Waals surface area contributed by atoms with Crippen LogP contribution in [0, 0.1) is 5.92 Å². The fourth-order valence-corrected chi connectivity index (χ4v) is 4.95. The fourth-order valence-electron chi connectivity index (χ4n) is 4.30. The van der Waals surface area contributed by atoms with E-state index >= 15 is 0 Å². The van der Waals surface area contributed by atoms with Crippen LogP contribution in [0.15, 0.2) is 36.4 Å². The zero-order valence-electron chi connectivity index (χ0n) is 14.8. The normalized spacial score (nSPS) is 16.8. The summed E-state index contributed by atoms with van der Waals surface area (Å²) >= 11 is 3.60. The Balaban J connectivity index is 1.97. The monoisotopic (exact) mass is 398 g/mol. The van der Waals surface area contributed by atoms with Crippen LogP contribution in [0.5, 0.6) is 11.5 Å². The lowest BCUT2D eigenvalue weighted by Crippen LogP contribution is -2.15. The number of methoxy groups -OCH3 is 2. The first kappa shape index (κ1) is 16.7. The maximum Gasteiger partial charge on any atom is 0.131 e. The summed E-state index contributed by atoms with van der Waals surface area (Å²) in [5.41, 5.74) is 3.01. The second-order valence-corrected chi connectivity index (χ2v) is 7.64. The van der Waals surface area contributed by atoms with Crippen LogP contribution in [0.3, 0.4) is 0 Å². The van der Waals surface area contributed by atoms with Crippen LogP contribution in [-0.2, 0) is 12.8 Å². The molecule has 0 bridgehead atoms. The van der Waals surface area contributed by atoms with Crippen LogP contribution in [0.4, 0.5) is 0 Å². The molecule has 0 amide bonds. The van der Waals surface area contributed by atoms with Gasteiger partial charge in [0.2, 0.25) is 0 Å². The minimum atomic E-state index is 0.798. The Labute approximate surface area is 157 Å². The highest BCUT2D eigenvalue weighted by Gasteiger charge is 2.22. The Kier molecular flexibility index (Phi) is 4.60. The molecular formula is C22H23BrO2. The van der Waals surface area contributed by atoms with Crippen LogP contribution < -0.4 is 9.47 Å². The lowest BCUT2D eigenvalue weighted by Gasteiger charge is -2.26. The van der Waals surface area contributed by atoms with Crippen molar-refractivity contribution in [3.63, 3.8) is 0 Å². The molecule has 0 saturated carbocycles. The molecule has 0 spiro atoms. The minimum absolute atomic E-state index is 0.798. The number of hydrogen-bond donors (Lipinski definition) is 0. The van der Waals surface area contributed by atoms with Crippen LogP contribution in [0.1, 0.15) is 24.0 Å². The van der Waals surface area contributed by atoms with Crippen molar-refractivity contribution in [2.75, 3.05) is 19.5 Å². The summed E-state index contributed by atoms with van der Waals surface area (Å²) in [5, 5.41) is 6.01. The Morgan fingerprint density at radius 1 is 1.00 bits per heavy atom. The molecule has 2 nitrogen and oxygen atoms in total. The van der Waals surface area contributed by atoms with Gasteiger partial charge in [0.1, 0.15) is 11.5 Å². The highest BCUT2D eigenvalue weighted by molar-refractivity contribution is 9.09. The largest absolute Gasteiger partial charge is 0.496 e. The Morgan fingerprint density at radius 3 is 2.60 bits per heavy atom. The minimum Gasteiger partial charge on any atom is -0.496 e. The predicted molar refractivity (Wildman–Crippen MR) is 108 cm³/mol. The molecule has 25 heavy (non-hydrogen) atoms. The van der Waals surface area contributed by atoms with Crippen molar-refractivity contribution in [1.82, 2.24) is 0 Å². The van der Waals surface area contributed by atoms with E-state index in [1.807, 2.05) is 6.07 Å². The fraction of sp³-hybridized carbons (Fsp3) is 0.364. The summed E-state index contributed by atoms with van der Waals surface area (Å²) in [6.45, 7) is 0. The number of hydrogen-bond acceptors (Lipinski definition) is 2. The molecule has 0 saturated heterocycles. The first-order valence-corrected chi connectivity index (χ1v) is 10.0. The van der Waals surface area contributed by atoms with E-state index in [0.29, 0.717) is 0 Å². The zero-order valence-corrected chi connectivity index (χ0v) is 16.4. The smallest absolute Gasteiger partial charge is 0.131 e. The average molecular weight is 399 g/mol. The average Bonchev–Trinajstić information content (AvgIpc) is 2.66. The molecule has 3 aromatic carbocycles. The second kappa shape index (κ2) is 6.87. The van der Waals surface area contributed by atoms with E-state index in [4.69, 9.17) is 9.47 Å². The first-order valence-electron chi connectivity index (χ1n) is 8.91. The number of benzene rings is 3. The summed E-state index contributed by atoms with van der Waals surface area (Å²) in [5.74, 6) is 2.56. The van der Waals surface area contributed by atoms with Crippen molar-refractivity contribution in [2.24, 2.45) is 5.92 Å². The SMILES string of the molecule is COc1cccc2c1c(OC)cc1c3c(ccc12)CC(CCBr)CC3. The van der Waals surface area contributed by atoms with Crippen molar-refractivity contribution in [3.8, 4) is 11.5 Å². The standard InChI is InChI=1S/C22H23BrO2/c1-24-20-5-3-4-18-17-9-7-15-12-14(10-11-23)6-8-16(15)19(17)13-21(25-2)22(18)20/h3-5,7,9,13-14H,6,8,10-12H2,1-2H3. The third-order valence-electron chi connectivity index (χ3n) is 5.56. The molecule has 3 heteroatoms. The molecule has 0 aliphatic heterocycles. The summed E-state index contributed by atoms with van der Waals surface area (Å²) < 4.78 is 11.3. The van der Waals surface area contributed by atoms with E-state index in [9.17, 15) is 0 Å². The van der Waals surface area contributed by atoms with Gasteiger partial charge in [-0.3, -0.25) is 0 Å². The van der Waals surface area contributed by atoms with Crippen molar-refractivity contribution in [1.29, 1.82) is 0 Å². The molecule has 1 aliphatic rings. The van der Waals surface area contributed by atoms with E-state index in [2.05, 4.69) is 46.3 Å². The third-order valence-corrected chi connectivity index (χ3v) is 6.02. The summed E-state index contributed by atoms with van der Waals surface area (Å²) in [7, 11) is 3.46. The summed E-state index contributed by atoms with van der Waals surface area (Å²) in [4.78, 5) is 0. The summed E-state index contributed by atoms with van der Waals surface area (Å²) in [6, 6.07) is 13.1. The van der Waals surface area contributed by atoms with E-state index in [1.54, 1.807) is 14.2 Å². The van der Waals surface area contributed by atoms with Crippen LogP contribution in [-0.4, -0.2) is 19.5 Å². The number of ether oxygens (including phenoxy) is 2. The highest BCUT2D eigenvalue weighted by Crippen LogP contribution is 2.42. The zero-order chi connectivity index (χ0) is 17.4. The van der Waals surface area contributed by atoms with E-state index < -0.39 is 0 Å². The Bertz CT molecular complexity index is 932. The summed E-state index contributed by atoms with van der Waals surface area (Å²) in [6.07, 6.45) is 4.88. The molecule has 3 aromatic rings. The molecule has 0 aromatic heterocycles. The van der Waals surface area contributed by atoms with Gasteiger partial charge in [-0.1, -0.05) is 40.2 Å². The highest BCUT2D eigenvalue weighted by atomic mass is 79.9. The molecule has 0 fully saturated rings. The molecule has 4 rings (SSSR count). The van der Waals surface area contributed by atoms with E-state index in [-0.39, 0.29) is 0 Å².